The molecular formula is C24H41ClO5. The van der Waals surface area contributed by atoms with Crippen molar-refractivity contribution in [2.24, 2.45) is 17.8 Å². The summed E-state index contributed by atoms with van der Waals surface area (Å²) in [5.74, 6) is 0.372. The molecule has 30 heavy (non-hydrogen) atoms. The van der Waals surface area contributed by atoms with Gasteiger partial charge in [-0.05, 0) is 77.0 Å². The van der Waals surface area contributed by atoms with E-state index < -0.39 is 11.7 Å². The van der Waals surface area contributed by atoms with E-state index in [0.717, 1.165) is 32.1 Å². The van der Waals surface area contributed by atoms with Gasteiger partial charge in [-0.15, -0.1) is 11.6 Å². The fourth-order valence-corrected chi connectivity index (χ4v) is 5.36. The number of halogens is 1. The normalized spacial score (nSPS) is 29.4. The van der Waals surface area contributed by atoms with Crippen molar-refractivity contribution in [3.8, 4) is 0 Å². The minimum Gasteiger partial charge on any atom is -0.458 e. The molecule has 174 valence electrons. The highest BCUT2D eigenvalue weighted by atomic mass is 35.5. The molecule has 0 saturated heterocycles. The first-order valence-corrected chi connectivity index (χ1v) is 12.1. The third kappa shape index (κ3) is 8.86. The summed E-state index contributed by atoms with van der Waals surface area (Å²) in [7, 11) is 0. The van der Waals surface area contributed by atoms with Crippen LogP contribution in [0, 0.1) is 17.8 Å². The summed E-state index contributed by atoms with van der Waals surface area (Å²) in [5, 5.41) is 21.0. The maximum absolute atomic E-state index is 11.6. The Morgan fingerprint density at radius 2 is 1.87 bits per heavy atom. The highest BCUT2D eigenvalue weighted by molar-refractivity contribution is 6.21. The first-order chi connectivity index (χ1) is 14.2. The average Bonchev–Trinajstić information content (AvgIpc) is 2.94. The molecule has 0 aromatic rings. The van der Waals surface area contributed by atoms with Crippen LogP contribution >= 0.6 is 11.6 Å². The molecule has 0 aromatic heterocycles. The van der Waals surface area contributed by atoms with Crippen molar-refractivity contribution in [3.63, 3.8) is 0 Å². The van der Waals surface area contributed by atoms with Gasteiger partial charge >= 0.3 is 5.97 Å². The molecule has 0 bridgehead atoms. The van der Waals surface area contributed by atoms with Crippen LogP contribution in [-0.2, 0) is 14.3 Å². The Balaban J connectivity index is 1.71. The van der Waals surface area contributed by atoms with Crippen molar-refractivity contribution in [2.45, 2.75) is 102 Å². The van der Waals surface area contributed by atoms with Crippen molar-refractivity contribution in [1.29, 1.82) is 0 Å². The molecule has 2 aliphatic carbocycles. The standard InChI is InChI=1S/C24H41ClO5/c1-24(2,3)30-23(28)16-29-14-8-7-11-18-19(22(27)15-20(18)25)12-13-21(26)17-9-5-4-6-10-17/h7-8,17-22,26-27H,4-6,9-16H2,1-3H3/b8-7-/t18-,19-,20-,21-,22-/m1/s1. The second-order valence-electron chi connectivity index (χ2n) is 10.00. The van der Waals surface area contributed by atoms with E-state index in [1.807, 2.05) is 32.9 Å². The largest absolute Gasteiger partial charge is 0.458 e. The lowest BCUT2D eigenvalue weighted by Crippen LogP contribution is -2.27. The average molecular weight is 445 g/mol. The summed E-state index contributed by atoms with van der Waals surface area (Å²) in [5.41, 5.74) is -0.505. The molecule has 0 amide bonds. The second-order valence-corrected chi connectivity index (χ2v) is 10.6. The molecule has 0 spiro atoms. The summed E-state index contributed by atoms with van der Waals surface area (Å²) >= 11 is 6.53. The van der Waals surface area contributed by atoms with Gasteiger partial charge < -0.3 is 19.7 Å². The molecule has 0 radical (unpaired) electrons. The molecular weight excluding hydrogens is 404 g/mol. The Bertz CT molecular complexity index is 538. The van der Waals surface area contributed by atoms with E-state index in [9.17, 15) is 15.0 Å². The van der Waals surface area contributed by atoms with Crippen LogP contribution in [0.1, 0.15) is 78.6 Å². The van der Waals surface area contributed by atoms with Crippen LogP contribution in [0.4, 0.5) is 0 Å². The van der Waals surface area contributed by atoms with Gasteiger partial charge in [-0.25, -0.2) is 4.79 Å². The first-order valence-electron chi connectivity index (χ1n) is 11.6. The molecule has 5 atom stereocenters. The number of carbonyl (C=O) groups is 1. The lowest BCUT2D eigenvalue weighted by atomic mass is 9.81. The Morgan fingerprint density at radius 1 is 1.17 bits per heavy atom. The highest BCUT2D eigenvalue weighted by Crippen LogP contribution is 2.42. The minimum atomic E-state index is -0.505. The van der Waals surface area contributed by atoms with Crippen LogP contribution < -0.4 is 0 Å². The molecule has 5 nitrogen and oxygen atoms in total. The van der Waals surface area contributed by atoms with E-state index in [0.29, 0.717) is 18.9 Å². The van der Waals surface area contributed by atoms with Crippen molar-refractivity contribution in [2.75, 3.05) is 13.2 Å². The predicted molar refractivity (Wildman–Crippen MR) is 119 cm³/mol. The van der Waals surface area contributed by atoms with Crippen molar-refractivity contribution >= 4 is 17.6 Å². The fourth-order valence-electron chi connectivity index (χ4n) is 4.88. The van der Waals surface area contributed by atoms with E-state index >= 15 is 0 Å². The van der Waals surface area contributed by atoms with Crippen molar-refractivity contribution in [3.05, 3.63) is 12.2 Å². The van der Waals surface area contributed by atoms with Gasteiger partial charge in [0.05, 0.1) is 18.8 Å². The van der Waals surface area contributed by atoms with Crippen LogP contribution in [0.2, 0.25) is 0 Å². The fraction of sp³-hybridized carbons (Fsp3) is 0.875. The Hall–Kier alpha value is -0.620. The zero-order valence-corrected chi connectivity index (χ0v) is 19.7. The smallest absolute Gasteiger partial charge is 0.332 e. The summed E-state index contributed by atoms with van der Waals surface area (Å²) in [6, 6.07) is 0. The van der Waals surface area contributed by atoms with Crippen LogP contribution in [-0.4, -0.2) is 52.6 Å². The quantitative estimate of drug-likeness (QED) is 0.222. The van der Waals surface area contributed by atoms with Gasteiger partial charge in [0.2, 0.25) is 0 Å². The van der Waals surface area contributed by atoms with Gasteiger partial charge in [0.15, 0.2) is 0 Å². The number of rotatable bonds is 10. The Labute approximate surface area is 187 Å². The molecule has 2 rings (SSSR count). The zero-order valence-electron chi connectivity index (χ0n) is 18.9. The molecule has 6 heteroatoms. The van der Waals surface area contributed by atoms with Crippen molar-refractivity contribution in [1.82, 2.24) is 0 Å². The van der Waals surface area contributed by atoms with Gasteiger partial charge in [0.1, 0.15) is 12.2 Å². The van der Waals surface area contributed by atoms with E-state index in [1.165, 1.54) is 19.3 Å². The molecule has 2 saturated carbocycles. The van der Waals surface area contributed by atoms with Crippen molar-refractivity contribution < 1.29 is 24.5 Å². The predicted octanol–water partition coefficient (Wildman–Crippen LogP) is 4.62. The van der Waals surface area contributed by atoms with Gasteiger partial charge in [-0.1, -0.05) is 31.4 Å². The number of esters is 1. The lowest BCUT2D eigenvalue weighted by Gasteiger charge is -2.29. The summed E-state index contributed by atoms with van der Waals surface area (Å²) in [6.07, 6.45) is 12.2. The number of carbonyl (C=O) groups excluding carboxylic acids is 1. The summed E-state index contributed by atoms with van der Waals surface area (Å²) in [6.45, 7) is 5.76. The van der Waals surface area contributed by atoms with E-state index in [4.69, 9.17) is 21.1 Å². The van der Waals surface area contributed by atoms with Gasteiger partial charge in [0, 0.05) is 5.38 Å². The molecule has 2 aliphatic rings. The number of aliphatic hydroxyl groups is 2. The van der Waals surface area contributed by atoms with Gasteiger partial charge in [0.25, 0.3) is 0 Å². The molecule has 2 N–H and O–H groups in total. The number of ether oxygens (including phenoxy) is 2. The zero-order chi connectivity index (χ0) is 22.1. The number of allylic oxidation sites excluding steroid dienone is 1. The topological polar surface area (TPSA) is 76.0 Å². The third-order valence-electron chi connectivity index (χ3n) is 6.39. The molecule has 0 unspecified atom stereocenters. The molecule has 0 aliphatic heterocycles. The molecule has 2 fully saturated rings. The Kier molecular flexibility index (Phi) is 10.6. The van der Waals surface area contributed by atoms with Gasteiger partial charge in [-0.2, -0.15) is 0 Å². The summed E-state index contributed by atoms with van der Waals surface area (Å²) < 4.78 is 10.6. The SMILES string of the molecule is CC(C)(C)OC(=O)COC/C=C\C[C@@H]1[C@@H](CC[C@@H](O)C2CCCCC2)[C@H](O)C[C@H]1Cl. The van der Waals surface area contributed by atoms with Crippen LogP contribution in [0.15, 0.2) is 12.2 Å². The number of alkyl halides is 1. The van der Waals surface area contributed by atoms with Crippen LogP contribution in [0.5, 0.6) is 0 Å². The monoisotopic (exact) mass is 444 g/mol. The van der Waals surface area contributed by atoms with Gasteiger partial charge in [-0.3, -0.25) is 0 Å². The molecule has 0 aromatic carbocycles. The number of hydrogen-bond acceptors (Lipinski definition) is 5. The number of aliphatic hydroxyl groups excluding tert-OH is 2. The Morgan fingerprint density at radius 3 is 2.53 bits per heavy atom. The van der Waals surface area contributed by atoms with E-state index in [2.05, 4.69) is 0 Å². The molecule has 0 heterocycles. The number of hydrogen-bond donors (Lipinski definition) is 2. The van der Waals surface area contributed by atoms with Crippen LogP contribution in [0.3, 0.4) is 0 Å². The highest BCUT2D eigenvalue weighted by Gasteiger charge is 2.40. The van der Waals surface area contributed by atoms with E-state index in [-0.39, 0.29) is 35.9 Å². The van der Waals surface area contributed by atoms with E-state index in [1.54, 1.807) is 0 Å². The minimum absolute atomic E-state index is 0.0517. The second kappa shape index (κ2) is 12.4. The maximum Gasteiger partial charge on any atom is 0.332 e. The lowest BCUT2D eigenvalue weighted by molar-refractivity contribution is -0.159. The summed E-state index contributed by atoms with van der Waals surface area (Å²) in [4.78, 5) is 11.6. The first kappa shape index (κ1) is 25.6. The third-order valence-corrected chi connectivity index (χ3v) is 6.90. The maximum atomic E-state index is 11.6. The van der Waals surface area contributed by atoms with Crippen LogP contribution in [0.25, 0.3) is 0 Å².